The van der Waals surface area contributed by atoms with Crippen molar-refractivity contribution in [2.24, 2.45) is 17.8 Å². The molecule has 1 aromatic rings. The highest BCUT2D eigenvalue weighted by Gasteiger charge is 2.40. The first kappa shape index (κ1) is 15.2. The summed E-state index contributed by atoms with van der Waals surface area (Å²) in [7, 11) is 0. The van der Waals surface area contributed by atoms with Gasteiger partial charge in [0.25, 0.3) is 0 Å². The summed E-state index contributed by atoms with van der Waals surface area (Å²) in [5.41, 5.74) is 0.990. The van der Waals surface area contributed by atoms with Gasteiger partial charge in [-0.05, 0) is 43.9 Å². The molecule has 0 N–H and O–H groups in total. The lowest BCUT2D eigenvalue weighted by atomic mass is 9.86. The van der Waals surface area contributed by atoms with Crippen LogP contribution < -0.4 is 0 Å². The highest BCUT2D eigenvalue weighted by Crippen LogP contribution is 2.49. The molecule has 2 saturated carbocycles. The standard InChI is InChI=1S/C18H27N3O2/c1-13-8-17(19-23-13)12-20-4-6-21(7-5-20)18(22)11-16-10-14-2-3-15(16)9-14/h8,14-16H,2-7,9-12H2,1H3/t14-,15-,16-/m0/s1. The van der Waals surface area contributed by atoms with Crippen LogP contribution in [0.4, 0.5) is 0 Å². The summed E-state index contributed by atoms with van der Waals surface area (Å²) in [6.07, 6.45) is 6.28. The van der Waals surface area contributed by atoms with Crippen molar-refractivity contribution < 1.29 is 9.32 Å². The van der Waals surface area contributed by atoms with Crippen LogP contribution in [-0.2, 0) is 11.3 Å². The molecule has 3 fully saturated rings. The van der Waals surface area contributed by atoms with Crippen molar-refractivity contribution >= 4 is 5.91 Å². The van der Waals surface area contributed by atoms with Gasteiger partial charge in [0.15, 0.2) is 0 Å². The van der Waals surface area contributed by atoms with Crippen LogP contribution in [0, 0.1) is 24.7 Å². The molecule has 0 radical (unpaired) electrons. The fraction of sp³-hybridized carbons (Fsp3) is 0.778. The van der Waals surface area contributed by atoms with Crippen molar-refractivity contribution in [1.29, 1.82) is 0 Å². The molecule has 126 valence electrons. The second kappa shape index (κ2) is 6.27. The van der Waals surface area contributed by atoms with Crippen LogP contribution in [0.2, 0.25) is 0 Å². The lowest BCUT2D eigenvalue weighted by Crippen LogP contribution is -2.48. The van der Waals surface area contributed by atoms with Crippen molar-refractivity contribution in [3.8, 4) is 0 Å². The molecule has 0 spiro atoms. The number of aryl methyl sites for hydroxylation is 1. The third-order valence-corrected chi connectivity index (χ3v) is 6.11. The highest BCUT2D eigenvalue weighted by molar-refractivity contribution is 5.76. The molecular formula is C18H27N3O2. The largest absolute Gasteiger partial charge is 0.361 e. The fourth-order valence-electron chi connectivity index (χ4n) is 4.86. The molecule has 5 nitrogen and oxygen atoms in total. The molecule has 2 aliphatic carbocycles. The Bertz CT molecular complexity index is 562. The minimum absolute atomic E-state index is 0.388. The van der Waals surface area contributed by atoms with Gasteiger partial charge in [0.1, 0.15) is 5.76 Å². The lowest BCUT2D eigenvalue weighted by Gasteiger charge is -2.35. The first-order chi connectivity index (χ1) is 11.2. The molecule has 0 aromatic carbocycles. The van der Waals surface area contributed by atoms with Crippen LogP contribution in [0.5, 0.6) is 0 Å². The number of nitrogens with zero attached hydrogens (tertiary/aromatic N) is 3. The average Bonchev–Trinajstić information content (AvgIpc) is 3.25. The van der Waals surface area contributed by atoms with Crippen molar-refractivity contribution in [2.45, 2.75) is 45.6 Å². The Balaban J connectivity index is 1.23. The van der Waals surface area contributed by atoms with E-state index in [1.54, 1.807) is 0 Å². The quantitative estimate of drug-likeness (QED) is 0.856. The van der Waals surface area contributed by atoms with E-state index in [9.17, 15) is 4.79 Å². The van der Waals surface area contributed by atoms with Crippen LogP contribution >= 0.6 is 0 Å². The Morgan fingerprint density at radius 3 is 2.70 bits per heavy atom. The van der Waals surface area contributed by atoms with E-state index in [1.165, 1.54) is 25.7 Å². The summed E-state index contributed by atoms with van der Waals surface area (Å²) in [4.78, 5) is 17.0. The van der Waals surface area contributed by atoms with Crippen LogP contribution in [0.1, 0.15) is 43.6 Å². The van der Waals surface area contributed by atoms with E-state index in [4.69, 9.17) is 4.52 Å². The van der Waals surface area contributed by atoms with Gasteiger partial charge in [-0.1, -0.05) is 11.6 Å². The first-order valence-corrected chi connectivity index (χ1v) is 9.09. The summed E-state index contributed by atoms with van der Waals surface area (Å²) in [6, 6.07) is 1.99. The molecule has 5 heteroatoms. The monoisotopic (exact) mass is 317 g/mol. The number of hydrogen-bond donors (Lipinski definition) is 0. The molecule has 2 heterocycles. The lowest BCUT2D eigenvalue weighted by molar-refractivity contribution is -0.134. The third-order valence-electron chi connectivity index (χ3n) is 6.11. The number of carbonyl (C=O) groups is 1. The van der Waals surface area contributed by atoms with E-state index in [1.807, 2.05) is 13.0 Å². The van der Waals surface area contributed by atoms with E-state index in [2.05, 4.69) is 15.0 Å². The maximum atomic E-state index is 12.6. The van der Waals surface area contributed by atoms with Crippen LogP contribution in [0.15, 0.2) is 10.6 Å². The summed E-state index contributed by atoms with van der Waals surface area (Å²) in [5.74, 6) is 3.71. The number of amides is 1. The van der Waals surface area contributed by atoms with Crippen molar-refractivity contribution in [2.75, 3.05) is 26.2 Å². The van der Waals surface area contributed by atoms with Gasteiger partial charge in [-0.15, -0.1) is 0 Å². The first-order valence-electron chi connectivity index (χ1n) is 9.09. The Labute approximate surface area is 138 Å². The van der Waals surface area contributed by atoms with Gasteiger partial charge in [0, 0.05) is 45.2 Å². The number of aromatic nitrogens is 1. The van der Waals surface area contributed by atoms with Crippen LogP contribution in [-0.4, -0.2) is 47.0 Å². The number of fused-ring (bicyclic) bond motifs is 2. The molecule has 23 heavy (non-hydrogen) atoms. The number of carbonyl (C=O) groups excluding carboxylic acids is 1. The van der Waals surface area contributed by atoms with Crippen LogP contribution in [0.25, 0.3) is 0 Å². The molecule has 1 saturated heterocycles. The summed E-state index contributed by atoms with van der Waals surface area (Å²) < 4.78 is 5.12. The highest BCUT2D eigenvalue weighted by atomic mass is 16.5. The van der Waals surface area contributed by atoms with E-state index in [-0.39, 0.29) is 0 Å². The van der Waals surface area contributed by atoms with Gasteiger partial charge >= 0.3 is 0 Å². The van der Waals surface area contributed by atoms with E-state index < -0.39 is 0 Å². The number of piperazine rings is 1. The Morgan fingerprint density at radius 1 is 1.26 bits per heavy atom. The smallest absolute Gasteiger partial charge is 0.222 e. The molecule has 3 atom stereocenters. The molecular weight excluding hydrogens is 290 g/mol. The van der Waals surface area contributed by atoms with Crippen LogP contribution in [0.3, 0.4) is 0 Å². The molecule has 1 amide bonds. The third kappa shape index (κ3) is 3.30. The summed E-state index contributed by atoms with van der Waals surface area (Å²) in [5, 5.41) is 4.06. The van der Waals surface area contributed by atoms with Crippen molar-refractivity contribution in [1.82, 2.24) is 15.0 Å². The zero-order valence-electron chi connectivity index (χ0n) is 14.0. The normalized spacial score (nSPS) is 31.0. The Hall–Kier alpha value is -1.36. The molecule has 3 aliphatic rings. The Morgan fingerprint density at radius 2 is 2.09 bits per heavy atom. The fourth-order valence-corrected chi connectivity index (χ4v) is 4.86. The average molecular weight is 317 g/mol. The second-order valence-electron chi connectivity index (χ2n) is 7.72. The molecule has 4 rings (SSSR count). The van der Waals surface area contributed by atoms with Gasteiger partial charge in [0.2, 0.25) is 5.91 Å². The van der Waals surface area contributed by atoms with Gasteiger partial charge in [-0.2, -0.15) is 0 Å². The topological polar surface area (TPSA) is 49.6 Å². The minimum atomic E-state index is 0.388. The Kier molecular flexibility index (Phi) is 4.14. The molecule has 0 unspecified atom stereocenters. The van der Waals surface area contributed by atoms with Crippen molar-refractivity contribution in [3.05, 3.63) is 17.5 Å². The van der Waals surface area contributed by atoms with Crippen molar-refractivity contribution in [3.63, 3.8) is 0 Å². The number of hydrogen-bond acceptors (Lipinski definition) is 4. The summed E-state index contributed by atoms with van der Waals surface area (Å²) in [6.45, 7) is 6.34. The van der Waals surface area contributed by atoms with Gasteiger partial charge in [-0.3, -0.25) is 9.69 Å². The van der Waals surface area contributed by atoms with E-state index in [0.29, 0.717) is 11.8 Å². The number of rotatable bonds is 4. The minimum Gasteiger partial charge on any atom is -0.361 e. The van der Waals surface area contributed by atoms with E-state index in [0.717, 1.165) is 62.4 Å². The zero-order chi connectivity index (χ0) is 15.8. The molecule has 2 bridgehead atoms. The second-order valence-corrected chi connectivity index (χ2v) is 7.72. The summed E-state index contributed by atoms with van der Waals surface area (Å²) >= 11 is 0. The maximum Gasteiger partial charge on any atom is 0.222 e. The zero-order valence-corrected chi connectivity index (χ0v) is 14.0. The van der Waals surface area contributed by atoms with E-state index >= 15 is 0 Å². The van der Waals surface area contributed by atoms with Gasteiger partial charge < -0.3 is 9.42 Å². The molecule has 1 aromatic heterocycles. The van der Waals surface area contributed by atoms with Gasteiger partial charge in [-0.25, -0.2) is 0 Å². The van der Waals surface area contributed by atoms with Gasteiger partial charge in [0.05, 0.1) is 5.69 Å². The molecule has 1 aliphatic heterocycles. The predicted octanol–water partition coefficient (Wildman–Crippen LogP) is 2.45. The maximum absolute atomic E-state index is 12.6. The predicted molar refractivity (Wildman–Crippen MR) is 86.7 cm³/mol. The SMILES string of the molecule is Cc1cc(CN2CCN(C(=O)C[C@@H]3C[C@H]4CC[C@H]3C4)CC2)no1.